The minimum absolute atomic E-state index is 0.0373. The topological polar surface area (TPSA) is 52.7 Å². The molecule has 0 aromatic heterocycles. The quantitative estimate of drug-likeness (QED) is 0.596. The van der Waals surface area contributed by atoms with Crippen molar-refractivity contribution in [2.24, 2.45) is 0 Å². The van der Waals surface area contributed by atoms with Crippen LogP contribution in [0.25, 0.3) is 0 Å². The molecular formula is C26H24F3N3O2. The van der Waals surface area contributed by atoms with Crippen molar-refractivity contribution in [3.8, 4) is 0 Å². The van der Waals surface area contributed by atoms with E-state index >= 15 is 0 Å². The normalized spacial score (nSPS) is 14.3. The molecular weight excluding hydrogens is 443 g/mol. The first-order chi connectivity index (χ1) is 16.3. The fourth-order valence-corrected chi connectivity index (χ4v) is 4.21. The highest BCUT2D eigenvalue weighted by molar-refractivity contribution is 5.97. The Morgan fingerprint density at radius 3 is 1.82 bits per heavy atom. The van der Waals surface area contributed by atoms with Gasteiger partial charge in [0.05, 0.1) is 11.7 Å². The highest BCUT2D eigenvalue weighted by atomic mass is 19.1. The number of carbonyl (C=O) groups is 2. The van der Waals surface area contributed by atoms with Crippen molar-refractivity contribution < 1.29 is 22.8 Å². The van der Waals surface area contributed by atoms with Crippen LogP contribution < -0.4 is 5.32 Å². The van der Waals surface area contributed by atoms with Gasteiger partial charge in [-0.15, -0.1) is 0 Å². The monoisotopic (exact) mass is 467 g/mol. The van der Waals surface area contributed by atoms with Crippen molar-refractivity contribution >= 4 is 17.5 Å². The number of carbonyl (C=O) groups excluding carboxylic acids is 2. The molecule has 1 aliphatic heterocycles. The van der Waals surface area contributed by atoms with Crippen molar-refractivity contribution in [1.29, 1.82) is 0 Å². The maximum atomic E-state index is 14.0. The van der Waals surface area contributed by atoms with Gasteiger partial charge >= 0.3 is 0 Å². The number of rotatable bonds is 5. The summed E-state index contributed by atoms with van der Waals surface area (Å²) in [5.41, 5.74) is 1.98. The minimum Gasteiger partial charge on any atom is -0.336 e. The molecule has 1 heterocycles. The summed E-state index contributed by atoms with van der Waals surface area (Å²) in [6, 6.07) is 16.1. The molecule has 176 valence electrons. The molecule has 0 radical (unpaired) electrons. The predicted molar refractivity (Wildman–Crippen MR) is 123 cm³/mol. The summed E-state index contributed by atoms with van der Waals surface area (Å²) in [6.07, 6.45) is 0. The molecule has 8 heteroatoms. The molecule has 2 amide bonds. The van der Waals surface area contributed by atoms with Crippen LogP contribution in [0, 0.1) is 17.5 Å². The van der Waals surface area contributed by atoms with Gasteiger partial charge in [0, 0.05) is 38.7 Å². The first kappa shape index (κ1) is 23.5. The lowest BCUT2D eigenvalue weighted by molar-refractivity contribution is -0.114. The van der Waals surface area contributed by atoms with Crippen molar-refractivity contribution in [2.75, 3.05) is 31.5 Å². The molecule has 0 bridgehead atoms. The lowest BCUT2D eigenvalue weighted by atomic mass is 9.96. The molecule has 0 saturated carbocycles. The Labute approximate surface area is 195 Å². The highest BCUT2D eigenvalue weighted by Crippen LogP contribution is 2.30. The smallest absolute Gasteiger partial charge is 0.254 e. The Hall–Kier alpha value is -3.65. The number of amides is 2. The molecule has 0 unspecified atom stereocenters. The largest absolute Gasteiger partial charge is 0.336 e. The summed E-state index contributed by atoms with van der Waals surface area (Å²) in [6.45, 7) is 3.18. The van der Waals surface area contributed by atoms with Crippen molar-refractivity contribution in [3.05, 3.63) is 101 Å². The number of halogens is 3. The fourth-order valence-electron chi connectivity index (χ4n) is 4.21. The zero-order valence-corrected chi connectivity index (χ0v) is 18.6. The van der Waals surface area contributed by atoms with Crippen molar-refractivity contribution in [1.82, 2.24) is 9.80 Å². The first-order valence-electron chi connectivity index (χ1n) is 10.9. The van der Waals surface area contributed by atoms with Crippen LogP contribution in [0.3, 0.4) is 0 Å². The summed E-state index contributed by atoms with van der Waals surface area (Å²) in [5.74, 6) is -1.97. The second-order valence-electron chi connectivity index (χ2n) is 8.21. The van der Waals surface area contributed by atoms with Crippen LogP contribution in [-0.4, -0.2) is 47.8 Å². The number of hydrogen-bond acceptors (Lipinski definition) is 3. The molecule has 3 aromatic carbocycles. The Morgan fingerprint density at radius 2 is 1.32 bits per heavy atom. The summed E-state index contributed by atoms with van der Waals surface area (Å²) in [7, 11) is 0. The van der Waals surface area contributed by atoms with Gasteiger partial charge in [-0.1, -0.05) is 24.3 Å². The third-order valence-corrected chi connectivity index (χ3v) is 5.86. The van der Waals surface area contributed by atoms with Gasteiger partial charge in [0.1, 0.15) is 17.5 Å². The molecule has 0 atom stereocenters. The number of anilines is 1. The van der Waals surface area contributed by atoms with E-state index in [1.807, 2.05) is 0 Å². The van der Waals surface area contributed by atoms with Crippen LogP contribution in [0.4, 0.5) is 18.9 Å². The Morgan fingerprint density at radius 1 is 0.794 bits per heavy atom. The van der Waals surface area contributed by atoms with Gasteiger partial charge in [0.25, 0.3) is 5.91 Å². The number of nitrogens with zero attached hydrogens (tertiary/aromatic N) is 2. The summed E-state index contributed by atoms with van der Waals surface area (Å²) in [4.78, 5) is 28.2. The molecule has 3 aromatic rings. The average molecular weight is 467 g/mol. The summed E-state index contributed by atoms with van der Waals surface area (Å²) < 4.78 is 41.0. The SMILES string of the molecule is CC(=O)Nc1cc(C(=O)N2CCN(C(c3ccc(F)cc3)c3ccc(F)cc3)CC2)ccc1F. The zero-order chi connectivity index (χ0) is 24.2. The standard InChI is InChI=1S/C26H24F3N3O2/c1-17(33)30-24-16-20(6-11-23(24)29)26(34)32-14-12-31(13-15-32)25(18-2-7-21(27)8-3-18)19-4-9-22(28)10-5-19/h2-11,16,25H,12-15H2,1H3,(H,30,33). The van der Waals surface area contributed by atoms with Crippen LogP contribution >= 0.6 is 0 Å². The molecule has 0 spiro atoms. The third kappa shape index (κ3) is 5.28. The first-order valence-corrected chi connectivity index (χ1v) is 10.9. The van der Waals surface area contributed by atoms with E-state index in [0.29, 0.717) is 26.2 Å². The fraction of sp³-hybridized carbons (Fsp3) is 0.231. The van der Waals surface area contributed by atoms with Gasteiger partial charge in [-0.2, -0.15) is 0 Å². The molecule has 4 rings (SSSR count). The summed E-state index contributed by atoms with van der Waals surface area (Å²) >= 11 is 0. The Balaban J connectivity index is 1.51. The van der Waals surface area contributed by atoms with Crippen LogP contribution in [0.2, 0.25) is 0 Å². The maximum absolute atomic E-state index is 14.0. The van der Waals surface area contributed by atoms with Gasteiger partial charge < -0.3 is 10.2 Å². The van der Waals surface area contributed by atoms with E-state index < -0.39 is 11.7 Å². The molecule has 0 aliphatic carbocycles. The van der Waals surface area contributed by atoms with E-state index in [1.54, 1.807) is 29.2 Å². The highest BCUT2D eigenvalue weighted by Gasteiger charge is 2.29. The average Bonchev–Trinajstić information content (AvgIpc) is 2.83. The second-order valence-corrected chi connectivity index (χ2v) is 8.21. The van der Waals surface area contributed by atoms with E-state index in [2.05, 4.69) is 10.2 Å². The van der Waals surface area contributed by atoms with Crippen molar-refractivity contribution in [3.63, 3.8) is 0 Å². The van der Waals surface area contributed by atoms with Gasteiger partial charge in [-0.05, 0) is 53.6 Å². The van der Waals surface area contributed by atoms with E-state index in [4.69, 9.17) is 0 Å². The van der Waals surface area contributed by atoms with Crippen LogP contribution in [0.1, 0.15) is 34.5 Å². The Bertz CT molecular complexity index is 1130. The van der Waals surface area contributed by atoms with Gasteiger partial charge in [0.2, 0.25) is 5.91 Å². The zero-order valence-electron chi connectivity index (χ0n) is 18.6. The lowest BCUT2D eigenvalue weighted by Gasteiger charge is -2.40. The number of nitrogens with one attached hydrogen (secondary N) is 1. The molecule has 1 fully saturated rings. The maximum Gasteiger partial charge on any atom is 0.254 e. The second kappa shape index (κ2) is 10.1. The van der Waals surface area contributed by atoms with E-state index in [-0.39, 0.29) is 34.8 Å². The van der Waals surface area contributed by atoms with Gasteiger partial charge in [-0.25, -0.2) is 13.2 Å². The number of piperazine rings is 1. The van der Waals surface area contributed by atoms with Crippen LogP contribution in [0.5, 0.6) is 0 Å². The van der Waals surface area contributed by atoms with E-state index in [0.717, 1.165) is 17.2 Å². The van der Waals surface area contributed by atoms with Crippen molar-refractivity contribution in [2.45, 2.75) is 13.0 Å². The Kier molecular flexibility index (Phi) is 6.98. The summed E-state index contributed by atoms with van der Waals surface area (Å²) in [5, 5.41) is 2.39. The molecule has 1 aliphatic rings. The molecule has 5 nitrogen and oxygen atoms in total. The van der Waals surface area contributed by atoms with E-state index in [1.165, 1.54) is 43.3 Å². The lowest BCUT2D eigenvalue weighted by Crippen LogP contribution is -2.49. The third-order valence-electron chi connectivity index (χ3n) is 5.86. The number of benzene rings is 3. The minimum atomic E-state index is -0.613. The van der Waals surface area contributed by atoms with E-state index in [9.17, 15) is 22.8 Å². The van der Waals surface area contributed by atoms with Crippen LogP contribution in [-0.2, 0) is 4.79 Å². The molecule has 1 saturated heterocycles. The van der Waals surface area contributed by atoms with Gasteiger partial charge in [0.15, 0.2) is 0 Å². The molecule has 34 heavy (non-hydrogen) atoms. The van der Waals surface area contributed by atoms with Gasteiger partial charge in [-0.3, -0.25) is 14.5 Å². The predicted octanol–water partition coefficient (Wildman–Crippen LogP) is 4.61. The molecule has 1 N–H and O–H groups in total. The number of hydrogen-bond donors (Lipinski definition) is 1. The van der Waals surface area contributed by atoms with Crippen LogP contribution in [0.15, 0.2) is 66.7 Å².